The molecule has 5 atom stereocenters. The zero-order valence-corrected chi connectivity index (χ0v) is 13.9. The fourth-order valence-electron chi connectivity index (χ4n) is 2.96. The molecule has 9 heteroatoms. The number of aromatic nitrogens is 1. The van der Waals surface area contributed by atoms with Crippen molar-refractivity contribution in [2.45, 2.75) is 30.7 Å². The van der Waals surface area contributed by atoms with Crippen molar-refractivity contribution in [2.24, 2.45) is 0 Å². The number of hydrogen-bond acceptors (Lipinski definition) is 9. The van der Waals surface area contributed by atoms with E-state index < -0.39 is 37.3 Å². The van der Waals surface area contributed by atoms with E-state index in [1.54, 1.807) is 18.2 Å². The molecule has 0 radical (unpaired) electrons. The molecule has 1 aromatic rings. The van der Waals surface area contributed by atoms with Crippen LogP contribution in [-0.2, 0) is 4.74 Å². The summed E-state index contributed by atoms with van der Waals surface area (Å²) in [5.74, 6) is 0.565. The molecule has 2 aliphatic heterocycles. The molecule has 142 valence electrons. The van der Waals surface area contributed by atoms with Crippen LogP contribution >= 0.6 is 0 Å². The second-order valence-electron chi connectivity index (χ2n) is 6.29. The summed E-state index contributed by atoms with van der Waals surface area (Å²) in [7, 11) is 0. The largest absolute Gasteiger partial charge is 0.462 e. The van der Waals surface area contributed by atoms with Gasteiger partial charge in [-0.05, 0) is 24.3 Å². The first kappa shape index (κ1) is 17.8. The molecule has 4 N–H and O–H groups in total. The van der Waals surface area contributed by atoms with Crippen LogP contribution in [-0.4, -0.2) is 62.7 Å². The van der Waals surface area contributed by atoms with Crippen molar-refractivity contribution < 1.29 is 34.3 Å². The van der Waals surface area contributed by atoms with Crippen molar-refractivity contribution in [3.63, 3.8) is 0 Å². The van der Waals surface area contributed by atoms with Crippen LogP contribution in [0, 0.1) is 0 Å². The standard InChI is InChI=1S/C18H17NO8/c20-7-14-15(22)16(23)17(24)18(27-14)25-9-2-4-11-13(6-9)26-12-5-8(21)1-3-10(12)19-11/h1-6,14-18,20,22-24H,7H2/t14?,15-,16-,17?,18+/m0/s1. The number of hydrogen-bond donors (Lipinski definition) is 4. The molecule has 0 spiro atoms. The summed E-state index contributed by atoms with van der Waals surface area (Å²) in [6, 6.07) is 8.99. The molecule has 1 fully saturated rings. The SMILES string of the molecule is O=c1ccc2nc3ccc(O[C@@H]4OC(CO)[C@H](O)[C@H](O)C4O)cc3oc-2c1. The number of fused-ring (bicyclic) bond motifs is 2. The van der Waals surface area contributed by atoms with Crippen LogP contribution in [0.1, 0.15) is 0 Å². The molecule has 2 heterocycles. The molecule has 1 aliphatic carbocycles. The monoisotopic (exact) mass is 375 g/mol. The highest BCUT2D eigenvalue weighted by molar-refractivity contribution is 5.77. The predicted molar refractivity (Wildman–Crippen MR) is 91.3 cm³/mol. The van der Waals surface area contributed by atoms with Gasteiger partial charge in [0.05, 0.1) is 6.61 Å². The first-order valence-electron chi connectivity index (χ1n) is 8.28. The molecule has 0 amide bonds. The van der Waals surface area contributed by atoms with Gasteiger partial charge in [0, 0.05) is 12.1 Å². The van der Waals surface area contributed by atoms with Gasteiger partial charge in [-0.15, -0.1) is 0 Å². The Bertz CT molecular complexity index is 987. The van der Waals surface area contributed by atoms with E-state index in [0.29, 0.717) is 22.6 Å². The van der Waals surface area contributed by atoms with Crippen LogP contribution in [0.25, 0.3) is 22.6 Å². The molecule has 9 nitrogen and oxygen atoms in total. The van der Waals surface area contributed by atoms with Gasteiger partial charge < -0.3 is 34.3 Å². The van der Waals surface area contributed by atoms with Crippen molar-refractivity contribution in [1.29, 1.82) is 0 Å². The first-order valence-corrected chi connectivity index (χ1v) is 8.28. The second-order valence-corrected chi connectivity index (χ2v) is 6.29. The minimum Gasteiger partial charge on any atom is -0.462 e. The van der Waals surface area contributed by atoms with Gasteiger partial charge in [0.25, 0.3) is 0 Å². The van der Waals surface area contributed by atoms with E-state index in [9.17, 15) is 25.2 Å². The van der Waals surface area contributed by atoms with Crippen molar-refractivity contribution in [3.8, 4) is 17.2 Å². The Labute approximate surface area is 152 Å². The van der Waals surface area contributed by atoms with Crippen molar-refractivity contribution in [2.75, 3.05) is 6.61 Å². The van der Waals surface area contributed by atoms with Crippen LogP contribution in [0.15, 0.2) is 45.6 Å². The van der Waals surface area contributed by atoms with E-state index in [2.05, 4.69) is 4.98 Å². The highest BCUT2D eigenvalue weighted by Gasteiger charge is 2.44. The van der Waals surface area contributed by atoms with Crippen molar-refractivity contribution >= 4 is 11.1 Å². The molecular weight excluding hydrogens is 358 g/mol. The summed E-state index contributed by atoms with van der Waals surface area (Å²) in [6.07, 6.45) is -6.90. The van der Waals surface area contributed by atoms with E-state index in [1.165, 1.54) is 18.2 Å². The highest BCUT2D eigenvalue weighted by atomic mass is 16.7. The average molecular weight is 375 g/mol. The number of nitrogens with zero attached hydrogens (tertiary/aromatic N) is 1. The molecule has 3 aliphatic rings. The van der Waals surface area contributed by atoms with Crippen molar-refractivity contribution in [1.82, 2.24) is 4.98 Å². The van der Waals surface area contributed by atoms with Gasteiger partial charge in [-0.1, -0.05) is 0 Å². The number of benzene rings is 2. The molecule has 2 unspecified atom stereocenters. The predicted octanol–water partition coefficient (Wildman–Crippen LogP) is -0.529. The second kappa shape index (κ2) is 6.87. The highest BCUT2D eigenvalue weighted by Crippen LogP contribution is 2.29. The van der Waals surface area contributed by atoms with Gasteiger partial charge >= 0.3 is 0 Å². The Morgan fingerprint density at radius 1 is 1.04 bits per heavy atom. The lowest BCUT2D eigenvalue weighted by Crippen LogP contribution is -2.60. The van der Waals surface area contributed by atoms with Crippen LogP contribution < -0.4 is 10.2 Å². The molecule has 0 saturated carbocycles. The third-order valence-corrected chi connectivity index (χ3v) is 4.42. The zero-order valence-electron chi connectivity index (χ0n) is 13.9. The lowest BCUT2D eigenvalue weighted by molar-refractivity contribution is -0.277. The summed E-state index contributed by atoms with van der Waals surface area (Å²) in [5, 5.41) is 38.9. The van der Waals surface area contributed by atoms with Gasteiger partial charge in [-0.3, -0.25) is 4.79 Å². The smallest absolute Gasteiger partial charge is 0.229 e. The summed E-state index contributed by atoms with van der Waals surface area (Å²) < 4.78 is 16.6. The number of rotatable bonds is 3. The van der Waals surface area contributed by atoms with Gasteiger partial charge in [0.1, 0.15) is 41.4 Å². The lowest BCUT2D eigenvalue weighted by Gasteiger charge is -2.39. The van der Waals surface area contributed by atoms with E-state index in [1.807, 2.05) is 0 Å². The van der Waals surface area contributed by atoms with E-state index in [-0.39, 0.29) is 11.2 Å². The minimum absolute atomic E-state index is 0.207. The quantitative estimate of drug-likeness (QED) is 0.444. The molecule has 0 aromatic heterocycles. The Balaban J connectivity index is 1.65. The Morgan fingerprint density at radius 2 is 1.85 bits per heavy atom. The van der Waals surface area contributed by atoms with Crippen LogP contribution in [0.4, 0.5) is 0 Å². The van der Waals surface area contributed by atoms with Crippen LogP contribution in [0.3, 0.4) is 0 Å². The molecule has 1 saturated heterocycles. The zero-order chi connectivity index (χ0) is 19.1. The third kappa shape index (κ3) is 3.27. The minimum atomic E-state index is -1.54. The van der Waals surface area contributed by atoms with Crippen LogP contribution in [0.5, 0.6) is 5.75 Å². The van der Waals surface area contributed by atoms with Gasteiger partial charge in [0.2, 0.25) is 6.29 Å². The Morgan fingerprint density at radius 3 is 2.63 bits per heavy atom. The van der Waals surface area contributed by atoms with Crippen LogP contribution in [0.2, 0.25) is 0 Å². The number of aliphatic hydroxyl groups excluding tert-OH is 4. The first-order chi connectivity index (χ1) is 13.0. The van der Waals surface area contributed by atoms with Gasteiger partial charge in [-0.25, -0.2) is 4.98 Å². The summed E-state index contributed by atoms with van der Waals surface area (Å²) in [6.45, 7) is -0.550. The number of aliphatic hydroxyl groups is 4. The fraction of sp³-hybridized carbons (Fsp3) is 0.333. The summed E-state index contributed by atoms with van der Waals surface area (Å²) >= 11 is 0. The topological polar surface area (TPSA) is 142 Å². The molecule has 27 heavy (non-hydrogen) atoms. The number of ether oxygens (including phenoxy) is 2. The maximum atomic E-state index is 11.5. The Kier molecular flexibility index (Phi) is 4.54. The summed E-state index contributed by atoms with van der Waals surface area (Å²) in [4.78, 5) is 15.9. The van der Waals surface area contributed by atoms with E-state index in [0.717, 1.165) is 0 Å². The van der Waals surface area contributed by atoms with Gasteiger partial charge in [-0.2, -0.15) is 0 Å². The molecule has 0 bridgehead atoms. The molecule has 1 aromatic carbocycles. The Hall–Kier alpha value is -2.56. The normalized spacial score (nSPS) is 28.5. The molecular formula is C18H17NO8. The van der Waals surface area contributed by atoms with Crippen molar-refractivity contribution in [3.05, 3.63) is 46.6 Å². The maximum absolute atomic E-state index is 11.5. The third-order valence-electron chi connectivity index (χ3n) is 4.42. The van der Waals surface area contributed by atoms with Gasteiger partial charge in [0.15, 0.2) is 16.8 Å². The van der Waals surface area contributed by atoms with E-state index >= 15 is 0 Å². The summed E-state index contributed by atoms with van der Waals surface area (Å²) in [5.41, 5.74) is 1.20. The van der Waals surface area contributed by atoms with E-state index in [4.69, 9.17) is 13.9 Å². The lowest BCUT2D eigenvalue weighted by atomic mass is 9.99. The molecule has 4 rings (SSSR count). The average Bonchev–Trinajstić information content (AvgIpc) is 2.66. The maximum Gasteiger partial charge on any atom is 0.229 e. The fourth-order valence-corrected chi connectivity index (χ4v) is 2.96.